The summed E-state index contributed by atoms with van der Waals surface area (Å²) >= 11 is 1.52. The van der Waals surface area contributed by atoms with Crippen LogP contribution in [0.25, 0.3) is 0 Å². The van der Waals surface area contributed by atoms with E-state index in [1.807, 2.05) is 17.5 Å². The molecule has 1 aliphatic carbocycles. The first-order chi connectivity index (χ1) is 16.6. The van der Waals surface area contributed by atoms with Crippen LogP contribution in [0.3, 0.4) is 0 Å². The topological polar surface area (TPSA) is 81.0 Å². The van der Waals surface area contributed by atoms with Crippen LogP contribution in [0.2, 0.25) is 0 Å². The van der Waals surface area contributed by atoms with E-state index in [1.165, 1.54) is 11.3 Å². The van der Waals surface area contributed by atoms with Crippen LogP contribution in [0.15, 0.2) is 58.5 Å². The second-order valence-corrected chi connectivity index (χ2v) is 9.39. The summed E-state index contributed by atoms with van der Waals surface area (Å²) in [7, 11) is 3.13. The van der Waals surface area contributed by atoms with Gasteiger partial charge in [0.2, 0.25) is 11.8 Å². The van der Waals surface area contributed by atoms with Crippen LogP contribution in [0, 0.1) is 0 Å². The number of carbonyl (C=O) groups excluding carboxylic acids is 2. The number of thiophene rings is 1. The number of nitrogens with zero attached hydrogens (tertiary/aromatic N) is 1. The van der Waals surface area contributed by atoms with Gasteiger partial charge in [-0.3, -0.25) is 9.59 Å². The van der Waals surface area contributed by atoms with E-state index in [1.54, 1.807) is 55.7 Å². The molecule has 1 fully saturated rings. The monoisotopic (exact) mass is 482 g/mol. The fourth-order valence-corrected chi connectivity index (χ4v) is 5.11. The maximum Gasteiger partial charge on any atom is 0.247 e. The van der Waals surface area contributed by atoms with Crippen molar-refractivity contribution in [3.8, 4) is 11.5 Å². The molecule has 180 valence electrons. The van der Waals surface area contributed by atoms with E-state index < -0.39 is 6.04 Å². The zero-order chi connectivity index (χ0) is 23.9. The van der Waals surface area contributed by atoms with E-state index in [-0.39, 0.29) is 30.8 Å². The minimum absolute atomic E-state index is 0.101. The molecule has 1 saturated carbocycles. The Morgan fingerprint density at radius 3 is 2.62 bits per heavy atom. The molecule has 3 aromatic rings. The highest BCUT2D eigenvalue weighted by Gasteiger charge is 2.36. The molecule has 0 bridgehead atoms. The number of rotatable bonds is 10. The van der Waals surface area contributed by atoms with Gasteiger partial charge in [-0.1, -0.05) is 18.9 Å². The largest absolute Gasteiger partial charge is 0.497 e. The van der Waals surface area contributed by atoms with E-state index in [2.05, 4.69) is 5.32 Å². The van der Waals surface area contributed by atoms with Gasteiger partial charge in [0, 0.05) is 16.5 Å². The van der Waals surface area contributed by atoms with Crippen LogP contribution in [0.4, 0.5) is 0 Å². The van der Waals surface area contributed by atoms with E-state index in [0.717, 1.165) is 30.6 Å². The second kappa shape index (κ2) is 11.2. The molecule has 0 aliphatic heterocycles. The van der Waals surface area contributed by atoms with Crippen molar-refractivity contribution in [1.29, 1.82) is 0 Å². The predicted octanol–water partition coefficient (Wildman–Crippen LogP) is 4.73. The number of carbonyl (C=O) groups is 2. The molecule has 2 amide bonds. The first-order valence-corrected chi connectivity index (χ1v) is 12.3. The number of benzene rings is 1. The molecule has 2 heterocycles. The average molecular weight is 483 g/mol. The van der Waals surface area contributed by atoms with Gasteiger partial charge < -0.3 is 24.1 Å². The summed E-state index contributed by atoms with van der Waals surface area (Å²) in [5.41, 5.74) is 0.573. The van der Waals surface area contributed by atoms with E-state index >= 15 is 0 Å². The fraction of sp³-hybridized carbons (Fsp3) is 0.385. The Bertz CT molecular complexity index is 1070. The maximum atomic E-state index is 13.8. The zero-order valence-corrected chi connectivity index (χ0v) is 20.3. The summed E-state index contributed by atoms with van der Waals surface area (Å²) < 4.78 is 16.6. The van der Waals surface area contributed by atoms with E-state index in [0.29, 0.717) is 22.8 Å². The van der Waals surface area contributed by atoms with Crippen LogP contribution >= 0.6 is 11.3 Å². The van der Waals surface area contributed by atoms with Crippen LogP contribution < -0.4 is 14.8 Å². The van der Waals surface area contributed by atoms with Crippen molar-refractivity contribution in [2.75, 3.05) is 14.2 Å². The number of nitrogens with one attached hydrogen (secondary N) is 1. The molecule has 2 aromatic heterocycles. The molecular formula is C26H30N2O5S. The Hall–Kier alpha value is -3.26. The van der Waals surface area contributed by atoms with Gasteiger partial charge in [-0.2, -0.15) is 0 Å². The molecule has 0 spiro atoms. The third kappa shape index (κ3) is 5.62. The van der Waals surface area contributed by atoms with Gasteiger partial charge in [0.25, 0.3) is 0 Å². The van der Waals surface area contributed by atoms with Crippen molar-refractivity contribution >= 4 is 23.2 Å². The Labute approximate surface area is 203 Å². The first kappa shape index (κ1) is 23.9. The van der Waals surface area contributed by atoms with Gasteiger partial charge in [-0.25, -0.2) is 0 Å². The Morgan fingerprint density at radius 1 is 1.15 bits per heavy atom. The highest BCUT2D eigenvalue weighted by atomic mass is 32.1. The second-order valence-electron chi connectivity index (χ2n) is 8.36. The standard InChI is InChI=1S/C26H30N2O5S/c1-31-19-11-12-23(32-2)22(15-19)25(26(30)27-18-7-3-4-8-18)28(17-20-9-5-13-33-20)24(29)16-21-10-6-14-34-21/h5-6,9-15,18,25H,3-4,7-8,16-17H2,1-2H3,(H,27,30)/t25-/m1/s1. The SMILES string of the molecule is COc1ccc(OC)c([C@H](C(=O)NC2CCCC2)N(Cc2ccco2)C(=O)Cc2cccs2)c1. The van der Waals surface area contributed by atoms with Crippen molar-refractivity contribution < 1.29 is 23.5 Å². The summed E-state index contributed by atoms with van der Waals surface area (Å²) in [6.45, 7) is 0.153. The number of hydrogen-bond acceptors (Lipinski definition) is 6. The van der Waals surface area contributed by atoms with Crippen molar-refractivity contribution in [2.45, 2.75) is 50.7 Å². The molecule has 7 nitrogen and oxygen atoms in total. The number of furan rings is 1. The van der Waals surface area contributed by atoms with Crippen LogP contribution in [-0.4, -0.2) is 37.0 Å². The molecule has 0 unspecified atom stereocenters. The molecule has 4 rings (SSSR count). The smallest absolute Gasteiger partial charge is 0.247 e. The number of methoxy groups -OCH3 is 2. The normalized spacial score (nSPS) is 14.5. The molecule has 34 heavy (non-hydrogen) atoms. The van der Waals surface area contributed by atoms with E-state index in [9.17, 15) is 9.59 Å². The molecular weight excluding hydrogens is 452 g/mol. The molecule has 1 aliphatic rings. The van der Waals surface area contributed by atoms with E-state index in [4.69, 9.17) is 13.9 Å². The lowest BCUT2D eigenvalue weighted by Crippen LogP contribution is -2.46. The lowest BCUT2D eigenvalue weighted by Gasteiger charge is -2.32. The first-order valence-electron chi connectivity index (χ1n) is 11.5. The van der Waals surface area contributed by atoms with Crippen LogP contribution in [-0.2, 0) is 22.6 Å². The quantitative estimate of drug-likeness (QED) is 0.452. The van der Waals surface area contributed by atoms with Crippen molar-refractivity contribution in [2.24, 2.45) is 0 Å². The molecule has 1 atom stereocenters. The van der Waals surface area contributed by atoms with Crippen molar-refractivity contribution in [3.05, 3.63) is 70.3 Å². The maximum absolute atomic E-state index is 13.8. The van der Waals surface area contributed by atoms with Crippen LogP contribution in [0.1, 0.15) is 47.9 Å². The third-order valence-corrected chi connectivity index (χ3v) is 7.00. The van der Waals surface area contributed by atoms with Gasteiger partial charge in [-0.15, -0.1) is 11.3 Å². The third-order valence-electron chi connectivity index (χ3n) is 6.13. The summed E-state index contributed by atoms with van der Waals surface area (Å²) in [6, 6.07) is 11.9. The predicted molar refractivity (Wildman–Crippen MR) is 130 cm³/mol. The lowest BCUT2D eigenvalue weighted by atomic mass is 10.0. The average Bonchev–Trinajstić information content (AvgIpc) is 3.63. The fourth-order valence-electron chi connectivity index (χ4n) is 4.41. The summed E-state index contributed by atoms with van der Waals surface area (Å²) in [5.74, 6) is 1.29. The Balaban J connectivity index is 1.76. The summed E-state index contributed by atoms with van der Waals surface area (Å²) in [4.78, 5) is 30.0. The minimum Gasteiger partial charge on any atom is -0.497 e. The highest BCUT2D eigenvalue weighted by Crippen LogP contribution is 2.35. The Kier molecular flexibility index (Phi) is 7.90. The highest BCUT2D eigenvalue weighted by molar-refractivity contribution is 7.10. The molecule has 0 radical (unpaired) electrons. The molecule has 0 saturated heterocycles. The summed E-state index contributed by atoms with van der Waals surface area (Å²) in [5, 5.41) is 5.12. The molecule has 1 N–H and O–H groups in total. The Morgan fingerprint density at radius 2 is 1.97 bits per heavy atom. The molecule has 1 aromatic carbocycles. The number of ether oxygens (including phenoxy) is 2. The van der Waals surface area contributed by atoms with Crippen LogP contribution in [0.5, 0.6) is 11.5 Å². The number of amides is 2. The molecule has 8 heteroatoms. The van der Waals surface area contributed by atoms with Crippen molar-refractivity contribution in [3.63, 3.8) is 0 Å². The van der Waals surface area contributed by atoms with Gasteiger partial charge >= 0.3 is 0 Å². The van der Waals surface area contributed by atoms with Gasteiger partial charge in [0.1, 0.15) is 23.3 Å². The van der Waals surface area contributed by atoms with Crippen molar-refractivity contribution in [1.82, 2.24) is 10.2 Å². The van der Waals surface area contributed by atoms with Gasteiger partial charge in [-0.05, 0) is 54.6 Å². The summed E-state index contributed by atoms with van der Waals surface area (Å²) in [6.07, 6.45) is 5.82. The minimum atomic E-state index is -0.914. The van der Waals surface area contributed by atoms with Gasteiger partial charge in [0.05, 0.1) is 33.4 Å². The lowest BCUT2D eigenvalue weighted by molar-refractivity contribution is -0.141. The van der Waals surface area contributed by atoms with Gasteiger partial charge in [0.15, 0.2) is 0 Å². The number of hydrogen-bond donors (Lipinski definition) is 1. The zero-order valence-electron chi connectivity index (χ0n) is 19.5.